The summed E-state index contributed by atoms with van der Waals surface area (Å²) in [7, 11) is 0. The van der Waals surface area contributed by atoms with Crippen LogP contribution in [-0.2, 0) is 0 Å². The molecule has 0 aromatic heterocycles. The van der Waals surface area contributed by atoms with Gasteiger partial charge < -0.3 is 20.4 Å². The monoisotopic (exact) mass is 206 g/mol. The van der Waals surface area contributed by atoms with Gasteiger partial charge in [0.05, 0.1) is 25.4 Å². The van der Waals surface area contributed by atoms with Crippen molar-refractivity contribution in [3.63, 3.8) is 0 Å². The molecule has 0 aliphatic heterocycles. The fraction of sp³-hybridized carbons (Fsp3) is 1.00. The van der Waals surface area contributed by atoms with Gasteiger partial charge in [-0.05, 0) is 12.8 Å². The van der Waals surface area contributed by atoms with Gasteiger partial charge in [-0.25, -0.2) is 0 Å². The van der Waals surface area contributed by atoms with Crippen LogP contribution < -0.4 is 0 Å². The van der Waals surface area contributed by atoms with Gasteiger partial charge in [-0.15, -0.1) is 0 Å². The van der Waals surface area contributed by atoms with Crippen LogP contribution in [0.15, 0.2) is 0 Å². The molecule has 0 spiro atoms. The molecule has 0 saturated carbocycles. The first kappa shape index (κ1) is 13.8. The largest absolute Gasteiger partial charge is 0.394 e. The maximum absolute atomic E-state index is 9.02. The van der Waals surface area contributed by atoms with E-state index in [-0.39, 0.29) is 13.2 Å². The van der Waals surface area contributed by atoms with Crippen molar-refractivity contribution in [2.45, 2.75) is 50.7 Å². The van der Waals surface area contributed by atoms with Crippen molar-refractivity contribution >= 4 is 0 Å². The first-order chi connectivity index (χ1) is 6.70. The number of hydrogen-bond donors (Lipinski definition) is 4. The van der Waals surface area contributed by atoms with Gasteiger partial charge in [0.15, 0.2) is 0 Å². The molecule has 14 heavy (non-hydrogen) atoms. The molecule has 0 aliphatic rings. The molecule has 0 aliphatic carbocycles. The van der Waals surface area contributed by atoms with Crippen LogP contribution in [0.25, 0.3) is 0 Å². The lowest BCUT2D eigenvalue weighted by atomic mass is 10.1. The molecule has 0 radical (unpaired) electrons. The minimum atomic E-state index is -0.585. The summed E-state index contributed by atoms with van der Waals surface area (Å²) < 4.78 is 0. The summed E-state index contributed by atoms with van der Waals surface area (Å²) in [5, 5.41) is 35.1. The lowest BCUT2D eigenvalue weighted by Gasteiger charge is -2.07. The van der Waals surface area contributed by atoms with Gasteiger partial charge >= 0.3 is 0 Å². The minimum Gasteiger partial charge on any atom is -0.394 e. The van der Waals surface area contributed by atoms with Crippen LogP contribution in [-0.4, -0.2) is 45.8 Å². The summed E-state index contributed by atoms with van der Waals surface area (Å²) >= 11 is 0. The Morgan fingerprint density at radius 1 is 0.643 bits per heavy atom. The van der Waals surface area contributed by atoms with E-state index in [1.165, 1.54) is 0 Å². The summed E-state index contributed by atoms with van der Waals surface area (Å²) in [6.45, 7) is -0.327. The highest BCUT2D eigenvalue weighted by atomic mass is 16.3. The summed E-state index contributed by atoms with van der Waals surface area (Å²) in [5.41, 5.74) is 0. The van der Waals surface area contributed by atoms with E-state index in [9.17, 15) is 0 Å². The Hall–Kier alpha value is -0.160. The summed E-state index contributed by atoms with van der Waals surface area (Å²) in [6, 6.07) is 0. The van der Waals surface area contributed by atoms with E-state index in [2.05, 4.69) is 0 Å². The number of aliphatic hydroxyl groups excluding tert-OH is 4. The van der Waals surface area contributed by atoms with Crippen molar-refractivity contribution in [3.05, 3.63) is 0 Å². The molecule has 4 N–H and O–H groups in total. The molecule has 0 saturated heterocycles. The Bertz CT molecular complexity index is 105. The van der Waals surface area contributed by atoms with E-state index < -0.39 is 12.2 Å². The van der Waals surface area contributed by atoms with Gasteiger partial charge in [0.25, 0.3) is 0 Å². The summed E-state index contributed by atoms with van der Waals surface area (Å²) in [6.07, 6.45) is 3.90. The topological polar surface area (TPSA) is 80.9 Å². The van der Waals surface area contributed by atoms with Crippen LogP contribution in [0, 0.1) is 0 Å². The van der Waals surface area contributed by atoms with Crippen LogP contribution in [0.3, 0.4) is 0 Å². The normalized spacial score (nSPS) is 15.4. The van der Waals surface area contributed by atoms with E-state index in [1.54, 1.807) is 0 Å². The highest BCUT2D eigenvalue weighted by molar-refractivity contribution is 4.56. The molecule has 86 valence electrons. The SMILES string of the molecule is OCC(O)CCCCCCC(O)CO. The van der Waals surface area contributed by atoms with Gasteiger partial charge in [0, 0.05) is 0 Å². The first-order valence-corrected chi connectivity index (χ1v) is 5.28. The van der Waals surface area contributed by atoms with E-state index in [0.717, 1.165) is 25.7 Å². The van der Waals surface area contributed by atoms with E-state index in [0.29, 0.717) is 12.8 Å². The van der Waals surface area contributed by atoms with Crippen LogP contribution in [0.5, 0.6) is 0 Å². The standard InChI is InChI=1S/C10H22O4/c11-7-9(13)5-3-1-2-4-6-10(14)8-12/h9-14H,1-8H2. The molecule has 0 amide bonds. The van der Waals surface area contributed by atoms with Gasteiger partial charge in [-0.2, -0.15) is 0 Å². The molecule has 0 aromatic rings. The van der Waals surface area contributed by atoms with Gasteiger partial charge in [0.2, 0.25) is 0 Å². The van der Waals surface area contributed by atoms with Crippen LogP contribution in [0.4, 0.5) is 0 Å². The summed E-state index contributed by atoms with van der Waals surface area (Å²) in [4.78, 5) is 0. The third-order valence-electron chi connectivity index (χ3n) is 2.25. The molecule has 0 aromatic carbocycles. The zero-order valence-electron chi connectivity index (χ0n) is 8.60. The molecule has 2 atom stereocenters. The Labute approximate surface area is 85.2 Å². The molecule has 2 unspecified atom stereocenters. The second-order valence-corrected chi connectivity index (χ2v) is 3.66. The molecule has 4 heteroatoms. The Morgan fingerprint density at radius 2 is 1.00 bits per heavy atom. The van der Waals surface area contributed by atoms with Gasteiger partial charge in [-0.1, -0.05) is 25.7 Å². The van der Waals surface area contributed by atoms with Crippen LogP contribution >= 0.6 is 0 Å². The highest BCUT2D eigenvalue weighted by Crippen LogP contribution is 2.08. The van der Waals surface area contributed by atoms with E-state index >= 15 is 0 Å². The fourth-order valence-corrected chi connectivity index (χ4v) is 1.30. The third kappa shape index (κ3) is 8.44. The van der Waals surface area contributed by atoms with Crippen molar-refractivity contribution in [3.8, 4) is 0 Å². The molecule has 0 bridgehead atoms. The predicted molar refractivity (Wildman–Crippen MR) is 53.9 cm³/mol. The van der Waals surface area contributed by atoms with E-state index in [4.69, 9.17) is 20.4 Å². The van der Waals surface area contributed by atoms with Crippen molar-refractivity contribution in [2.75, 3.05) is 13.2 Å². The van der Waals surface area contributed by atoms with E-state index in [1.807, 2.05) is 0 Å². The van der Waals surface area contributed by atoms with Gasteiger partial charge in [-0.3, -0.25) is 0 Å². The lowest BCUT2D eigenvalue weighted by Crippen LogP contribution is -2.12. The van der Waals surface area contributed by atoms with Crippen LogP contribution in [0.2, 0.25) is 0 Å². The third-order valence-corrected chi connectivity index (χ3v) is 2.25. The molecule has 0 rings (SSSR count). The molecule has 4 nitrogen and oxygen atoms in total. The predicted octanol–water partition coefficient (Wildman–Crippen LogP) is 0.0334. The van der Waals surface area contributed by atoms with Crippen molar-refractivity contribution in [2.24, 2.45) is 0 Å². The minimum absolute atomic E-state index is 0.163. The number of aliphatic hydroxyl groups is 4. The second-order valence-electron chi connectivity index (χ2n) is 3.66. The zero-order chi connectivity index (χ0) is 10.8. The lowest BCUT2D eigenvalue weighted by molar-refractivity contribution is 0.0827. The smallest absolute Gasteiger partial charge is 0.0770 e. The Balaban J connectivity index is 3.06. The fourth-order valence-electron chi connectivity index (χ4n) is 1.30. The Kier molecular flexibility index (Phi) is 9.29. The molecule has 0 fully saturated rings. The van der Waals surface area contributed by atoms with Crippen LogP contribution in [0.1, 0.15) is 38.5 Å². The van der Waals surface area contributed by atoms with Crippen molar-refractivity contribution in [1.29, 1.82) is 0 Å². The average Bonchev–Trinajstić information content (AvgIpc) is 2.22. The zero-order valence-corrected chi connectivity index (χ0v) is 8.60. The molecular formula is C10H22O4. The highest BCUT2D eigenvalue weighted by Gasteiger charge is 2.02. The number of unbranched alkanes of at least 4 members (excludes halogenated alkanes) is 3. The first-order valence-electron chi connectivity index (χ1n) is 5.28. The molecular weight excluding hydrogens is 184 g/mol. The quantitative estimate of drug-likeness (QED) is 0.401. The van der Waals surface area contributed by atoms with Gasteiger partial charge in [0.1, 0.15) is 0 Å². The maximum Gasteiger partial charge on any atom is 0.0770 e. The van der Waals surface area contributed by atoms with Crippen molar-refractivity contribution in [1.82, 2.24) is 0 Å². The number of hydrogen-bond acceptors (Lipinski definition) is 4. The Morgan fingerprint density at radius 3 is 1.29 bits per heavy atom. The summed E-state index contributed by atoms with van der Waals surface area (Å²) in [5.74, 6) is 0. The van der Waals surface area contributed by atoms with Crippen molar-refractivity contribution < 1.29 is 20.4 Å². The second kappa shape index (κ2) is 9.40. The maximum atomic E-state index is 9.02. The molecule has 0 heterocycles. The average molecular weight is 206 g/mol. The number of rotatable bonds is 9.